The minimum atomic E-state index is -2.81. The number of carbonyl (C=O) groups excluding carboxylic acids is 1. The Balaban J connectivity index is 2.02. The predicted octanol–water partition coefficient (Wildman–Crippen LogP) is 6.20. The number of aromatic nitrogens is 2. The first-order valence-electron chi connectivity index (χ1n) is 7.63. The molecule has 0 unspecified atom stereocenters. The highest BCUT2D eigenvalue weighted by Gasteiger charge is 2.34. The quantitative estimate of drug-likeness (QED) is 0.484. The SMILES string of the molecule is Cn1cc(C(=O)Nc2cc(Cl)ccc2-c2cccc(Cl)c2)c(C(F)(Cl)Cl)n1. The molecule has 0 spiro atoms. The maximum absolute atomic E-state index is 14.0. The van der Waals surface area contributed by atoms with Gasteiger partial charge in [0.25, 0.3) is 5.91 Å². The fraction of sp³-hybridized carbons (Fsp3) is 0.111. The Morgan fingerprint density at radius 1 is 1.15 bits per heavy atom. The van der Waals surface area contributed by atoms with E-state index in [0.29, 0.717) is 21.3 Å². The van der Waals surface area contributed by atoms with Crippen molar-refractivity contribution in [3.05, 3.63) is 70.0 Å². The van der Waals surface area contributed by atoms with Gasteiger partial charge >= 0.3 is 4.59 Å². The van der Waals surface area contributed by atoms with Gasteiger partial charge in [0.05, 0.1) is 11.3 Å². The summed E-state index contributed by atoms with van der Waals surface area (Å²) in [5.74, 6) is -0.632. The average molecular weight is 447 g/mol. The highest BCUT2D eigenvalue weighted by molar-refractivity contribution is 6.47. The molecule has 0 saturated heterocycles. The van der Waals surface area contributed by atoms with Crippen molar-refractivity contribution in [2.75, 3.05) is 5.32 Å². The summed E-state index contributed by atoms with van der Waals surface area (Å²) in [6.07, 6.45) is 1.33. The van der Waals surface area contributed by atoms with Gasteiger partial charge in [-0.05, 0) is 29.8 Å². The van der Waals surface area contributed by atoms with Crippen LogP contribution in [0.2, 0.25) is 10.0 Å². The molecule has 0 aliphatic carbocycles. The van der Waals surface area contributed by atoms with Crippen LogP contribution in [-0.4, -0.2) is 15.7 Å². The number of nitrogens with zero attached hydrogens (tertiary/aromatic N) is 2. The zero-order valence-electron chi connectivity index (χ0n) is 13.8. The van der Waals surface area contributed by atoms with Gasteiger partial charge < -0.3 is 5.32 Å². The molecule has 1 heterocycles. The minimum absolute atomic E-state index is 0.0954. The van der Waals surface area contributed by atoms with E-state index in [-0.39, 0.29) is 5.56 Å². The third-order valence-corrected chi connectivity index (χ3v) is 4.54. The van der Waals surface area contributed by atoms with Gasteiger partial charge in [-0.1, -0.05) is 64.6 Å². The van der Waals surface area contributed by atoms with Gasteiger partial charge in [0.1, 0.15) is 5.69 Å². The third-order valence-electron chi connectivity index (χ3n) is 3.71. The predicted molar refractivity (Wildman–Crippen MR) is 108 cm³/mol. The van der Waals surface area contributed by atoms with Crippen LogP contribution in [0.4, 0.5) is 10.1 Å². The molecule has 4 nitrogen and oxygen atoms in total. The molecule has 0 bridgehead atoms. The van der Waals surface area contributed by atoms with Crippen molar-refractivity contribution in [2.24, 2.45) is 7.05 Å². The molecule has 3 rings (SSSR count). The number of benzene rings is 2. The van der Waals surface area contributed by atoms with E-state index in [9.17, 15) is 9.18 Å². The van der Waals surface area contributed by atoms with E-state index in [1.54, 1.807) is 36.4 Å². The summed E-state index contributed by atoms with van der Waals surface area (Å²) in [4.78, 5) is 12.7. The first kappa shape index (κ1) is 20.0. The summed E-state index contributed by atoms with van der Waals surface area (Å²) >= 11 is 23.1. The molecule has 9 heteroatoms. The third kappa shape index (κ3) is 4.55. The lowest BCUT2D eigenvalue weighted by Crippen LogP contribution is -2.17. The van der Waals surface area contributed by atoms with E-state index in [4.69, 9.17) is 46.4 Å². The highest BCUT2D eigenvalue weighted by Crippen LogP contribution is 2.37. The number of halogens is 5. The normalized spacial score (nSPS) is 11.5. The van der Waals surface area contributed by atoms with Crippen LogP contribution in [-0.2, 0) is 11.6 Å². The molecule has 3 aromatic rings. The molecule has 0 radical (unpaired) electrons. The lowest BCUT2D eigenvalue weighted by molar-refractivity contribution is 0.102. The van der Waals surface area contributed by atoms with Crippen LogP contribution in [0.25, 0.3) is 11.1 Å². The number of hydrogen-bond donors (Lipinski definition) is 1. The number of carbonyl (C=O) groups is 1. The largest absolute Gasteiger partial charge is 0.321 e. The molecule has 0 saturated carbocycles. The number of amides is 1. The van der Waals surface area contributed by atoms with Crippen LogP contribution in [0, 0.1) is 0 Å². The molecule has 1 aromatic heterocycles. The number of rotatable bonds is 4. The van der Waals surface area contributed by atoms with Crippen LogP contribution >= 0.6 is 46.4 Å². The number of alkyl halides is 3. The van der Waals surface area contributed by atoms with Crippen molar-refractivity contribution in [1.29, 1.82) is 0 Å². The fourth-order valence-electron chi connectivity index (χ4n) is 2.58. The zero-order chi connectivity index (χ0) is 19.8. The van der Waals surface area contributed by atoms with E-state index >= 15 is 0 Å². The summed E-state index contributed by atoms with van der Waals surface area (Å²) in [7, 11) is 1.52. The van der Waals surface area contributed by atoms with Crippen molar-refractivity contribution in [2.45, 2.75) is 4.59 Å². The second-order valence-corrected chi connectivity index (χ2v) is 7.83. The molecule has 27 heavy (non-hydrogen) atoms. The van der Waals surface area contributed by atoms with E-state index in [1.807, 2.05) is 6.07 Å². The van der Waals surface area contributed by atoms with Crippen LogP contribution in [0.15, 0.2) is 48.7 Å². The number of anilines is 1. The first-order valence-corrected chi connectivity index (χ1v) is 9.14. The maximum Gasteiger partial charge on any atom is 0.302 e. The Kier molecular flexibility index (Phi) is 5.68. The van der Waals surface area contributed by atoms with Crippen LogP contribution in [0.1, 0.15) is 16.1 Å². The molecule has 0 aliphatic heterocycles. The van der Waals surface area contributed by atoms with Crippen molar-refractivity contribution in [1.82, 2.24) is 9.78 Å². The lowest BCUT2D eigenvalue weighted by Gasteiger charge is -2.13. The monoisotopic (exact) mass is 445 g/mol. The molecule has 2 aromatic carbocycles. The van der Waals surface area contributed by atoms with E-state index in [2.05, 4.69) is 10.4 Å². The smallest absolute Gasteiger partial charge is 0.302 e. The molecule has 0 fully saturated rings. The molecule has 0 aliphatic rings. The topological polar surface area (TPSA) is 46.9 Å². The summed E-state index contributed by atoms with van der Waals surface area (Å²) in [6, 6.07) is 12.1. The van der Waals surface area contributed by atoms with Gasteiger partial charge in [-0.2, -0.15) is 5.10 Å². The van der Waals surface area contributed by atoms with Crippen LogP contribution < -0.4 is 5.32 Å². The highest BCUT2D eigenvalue weighted by atomic mass is 35.5. The van der Waals surface area contributed by atoms with Crippen molar-refractivity contribution < 1.29 is 9.18 Å². The van der Waals surface area contributed by atoms with E-state index < -0.39 is 16.2 Å². The number of nitrogens with one attached hydrogen (secondary N) is 1. The molecule has 0 atom stereocenters. The van der Waals surface area contributed by atoms with E-state index in [0.717, 1.165) is 5.56 Å². The van der Waals surface area contributed by atoms with E-state index in [1.165, 1.54) is 17.9 Å². The molecular formula is C18H12Cl4FN3O. The molecule has 140 valence electrons. The van der Waals surface area contributed by atoms with Crippen molar-refractivity contribution in [3.8, 4) is 11.1 Å². The minimum Gasteiger partial charge on any atom is -0.321 e. The second-order valence-electron chi connectivity index (χ2n) is 5.72. The van der Waals surface area contributed by atoms with Gasteiger partial charge in [-0.25, -0.2) is 4.39 Å². The summed E-state index contributed by atoms with van der Waals surface area (Å²) in [5.41, 5.74) is 1.39. The fourth-order valence-corrected chi connectivity index (χ4v) is 3.22. The van der Waals surface area contributed by atoms with Crippen molar-refractivity contribution in [3.63, 3.8) is 0 Å². The maximum atomic E-state index is 14.0. The first-order chi connectivity index (χ1) is 12.6. The zero-order valence-corrected chi connectivity index (χ0v) is 16.8. The summed E-state index contributed by atoms with van der Waals surface area (Å²) in [6.45, 7) is 0. The Morgan fingerprint density at radius 2 is 1.85 bits per heavy atom. The van der Waals surface area contributed by atoms with Gasteiger partial charge in [0.2, 0.25) is 0 Å². The molecule has 1 N–H and O–H groups in total. The van der Waals surface area contributed by atoms with Gasteiger partial charge in [-0.15, -0.1) is 0 Å². The van der Waals surface area contributed by atoms with Crippen LogP contribution in [0.3, 0.4) is 0 Å². The lowest BCUT2D eigenvalue weighted by atomic mass is 10.0. The summed E-state index contributed by atoms with van der Waals surface area (Å²) < 4.78 is 12.4. The van der Waals surface area contributed by atoms with Gasteiger partial charge in [0, 0.05) is 28.9 Å². The average Bonchev–Trinajstić information content (AvgIpc) is 2.97. The number of hydrogen-bond acceptors (Lipinski definition) is 2. The Morgan fingerprint density at radius 3 is 2.52 bits per heavy atom. The number of aryl methyl sites for hydroxylation is 1. The van der Waals surface area contributed by atoms with Crippen molar-refractivity contribution >= 4 is 58.0 Å². The molecule has 1 amide bonds. The Labute approximate surface area is 174 Å². The molecular weight excluding hydrogens is 435 g/mol. The van der Waals surface area contributed by atoms with Crippen LogP contribution in [0.5, 0.6) is 0 Å². The standard InChI is InChI=1S/C18H12Cl4FN3O/c1-26-9-14(16(25-26)18(21,22)23)17(27)24-15-8-12(20)5-6-13(15)10-3-2-4-11(19)7-10/h2-9H,1H3,(H,24,27). The Bertz CT molecular complexity index is 1010. The van der Waals surface area contributed by atoms with Gasteiger partial charge in [0.15, 0.2) is 0 Å². The van der Waals surface area contributed by atoms with Gasteiger partial charge in [-0.3, -0.25) is 9.48 Å². The summed E-state index contributed by atoms with van der Waals surface area (Å²) in [5, 5.41) is 7.49. The second kappa shape index (κ2) is 7.68. The Hall–Kier alpha value is -1.79.